The van der Waals surface area contributed by atoms with Gasteiger partial charge in [0.2, 0.25) is 10.0 Å². The van der Waals surface area contributed by atoms with Crippen LogP contribution in [0.2, 0.25) is 0 Å². The van der Waals surface area contributed by atoms with E-state index in [0.29, 0.717) is 24.5 Å². The standard InChI is InChI=1S/C16H24N2O4S.ClH/c1-12-5-6-13(2)15(8-12)23(21,22)18-7-3-4-14(11-18)9-17-10-16(19)20;/h5-6,8,14,17H,3-4,7,9-11H2,1-2H3,(H,19,20);1H. The van der Waals surface area contributed by atoms with Gasteiger partial charge in [0.1, 0.15) is 0 Å². The fourth-order valence-electron chi connectivity index (χ4n) is 2.92. The molecule has 0 aliphatic carbocycles. The first-order chi connectivity index (χ1) is 10.8. The number of hydrogen-bond donors (Lipinski definition) is 2. The highest BCUT2D eigenvalue weighted by Crippen LogP contribution is 2.26. The smallest absolute Gasteiger partial charge is 0.317 e. The molecule has 0 spiro atoms. The molecule has 2 rings (SSSR count). The lowest BCUT2D eigenvalue weighted by molar-refractivity contribution is -0.136. The number of piperidine rings is 1. The number of nitrogens with one attached hydrogen (secondary N) is 1. The molecule has 1 aromatic carbocycles. The highest BCUT2D eigenvalue weighted by Gasteiger charge is 2.31. The SMILES string of the molecule is Cc1ccc(C)c(S(=O)(=O)N2CCCC(CNCC(=O)O)C2)c1.Cl. The van der Waals surface area contributed by atoms with E-state index in [1.54, 1.807) is 6.07 Å². The van der Waals surface area contributed by atoms with Crippen LogP contribution in [0.15, 0.2) is 23.1 Å². The van der Waals surface area contributed by atoms with Gasteiger partial charge in [0.15, 0.2) is 0 Å². The fraction of sp³-hybridized carbons (Fsp3) is 0.562. The maximum atomic E-state index is 12.9. The van der Waals surface area contributed by atoms with Crippen LogP contribution >= 0.6 is 12.4 Å². The molecule has 1 fully saturated rings. The maximum Gasteiger partial charge on any atom is 0.317 e. The normalized spacial score (nSPS) is 18.8. The Morgan fingerprint density at radius 1 is 1.38 bits per heavy atom. The number of carboxylic acids is 1. The zero-order chi connectivity index (χ0) is 17.0. The van der Waals surface area contributed by atoms with Crippen molar-refractivity contribution in [2.45, 2.75) is 31.6 Å². The highest BCUT2D eigenvalue weighted by atomic mass is 35.5. The Balaban J connectivity index is 0.00000288. The molecule has 24 heavy (non-hydrogen) atoms. The lowest BCUT2D eigenvalue weighted by atomic mass is 10.00. The summed E-state index contributed by atoms with van der Waals surface area (Å²) in [5, 5.41) is 11.5. The van der Waals surface area contributed by atoms with Crippen LogP contribution in [0.3, 0.4) is 0 Å². The summed E-state index contributed by atoms with van der Waals surface area (Å²) in [7, 11) is -3.50. The second kappa shape index (κ2) is 8.80. The zero-order valence-corrected chi connectivity index (χ0v) is 15.6. The van der Waals surface area contributed by atoms with Gasteiger partial charge < -0.3 is 10.4 Å². The molecule has 1 aliphatic heterocycles. The Kier molecular flexibility index (Phi) is 7.66. The largest absolute Gasteiger partial charge is 0.480 e. The van der Waals surface area contributed by atoms with E-state index in [9.17, 15) is 13.2 Å². The van der Waals surface area contributed by atoms with Gasteiger partial charge in [-0.2, -0.15) is 4.31 Å². The summed E-state index contributed by atoms with van der Waals surface area (Å²) in [6, 6.07) is 5.46. The first kappa shape index (κ1) is 20.9. The molecule has 8 heteroatoms. The predicted octanol–water partition coefficient (Wildman–Crippen LogP) is 1.80. The minimum absolute atomic E-state index is 0. The number of nitrogens with zero attached hydrogens (tertiary/aromatic N) is 1. The second-order valence-electron chi connectivity index (χ2n) is 6.16. The van der Waals surface area contributed by atoms with E-state index >= 15 is 0 Å². The van der Waals surface area contributed by atoms with Crippen LogP contribution in [0.1, 0.15) is 24.0 Å². The molecular weight excluding hydrogens is 352 g/mol. The van der Waals surface area contributed by atoms with E-state index in [4.69, 9.17) is 5.11 Å². The Hall–Kier alpha value is -1.15. The molecule has 1 heterocycles. The minimum Gasteiger partial charge on any atom is -0.480 e. The first-order valence-electron chi connectivity index (χ1n) is 7.80. The lowest BCUT2D eigenvalue weighted by Crippen LogP contribution is -2.43. The van der Waals surface area contributed by atoms with Crippen molar-refractivity contribution in [2.24, 2.45) is 5.92 Å². The number of aryl methyl sites for hydroxylation is 2. The average Bonchev–Trinajstić information content (AvgIpc) is 2.49. The van der Waals surface area contributed by atoms with Crippen LogP contribution in [0, 0.1) is 19.8 Å². The van der Waals surface area contributed by atoms with Crippen molar-refractivity contribution >= 4 is 28.4 Å². The van der Waals surface area contributed by atoms with Crippen molar-refractivity contribution in [2.75, 3.05) is 26.2 Å². The third-order valence-corrected chi connectivity index (χ3v) is 6.16. The number of aliphatic carboxylic acids is 1. The monoisotopic (exact) mass is 376 g/mol. The Morgan fingerprint density at radius 2 is 2.08 bits per heavy atom. The topological polar surface area (TPSA) is 86.7 Å². The van der Waals surface area contributed by atoms with Gasteiger partial charge in [0, 0.05) is 13.1 Å². The van der Waals surface area contributed by atoms with Crippen LogP contribution < -0.4 is 5.32 Å². The fourth-order valence-corrected chi connectivity index (χ4v) is 4.78. The Bertz CT molecular complexity index is 679. The van der Waals surface area contributed by atoms with E-state index in [0.717, 1.165) is 24.0 Å². The summed E-state index contributed by atoms with van der Waals surface area (Å²) in [5.41, 5.74) is 1.67. The number of halogens is 1. The molecule has 0 radical (unpaired) electrons. The number of rotatable bonds is 6. The van der Waals surface area contributed by atoms with Gasteiger partial charge in [0.05, 0.1) is 11.4 Å². The van der Waals surface area contributed by atoms with Gasteiger partial charge in [-0.05, 0) is 56.3 Å². The van der Waals surface area contributed by atoms with Gasteiger partial charge >= 0.3 is 5.97 Å². The van der Waals surface area contributed by atoms with Gasteiger partial charge in [-0.1, -0.05) is 12.1 Å². The molecule has 0 saturated carbocycles. The number of carboxylic acid groups (broad SMARTS) is 1. The molecule has 136 valence electrons. The van der Waals surface area contributed by atoms with Crippen molar-refractivity contribution in [1.82, 2.24) is 9.62 Å². The molecule has 1 saturated heterocycles. The third-order valence-electron chi connectivity index (χ3n) is 4.15. The molecule has 1 unspecified atom stereocenters. The van der Waals surface area contributed by atoms with Crippen LogP contribution in [0.25, 0.3) is 0 Å². The molecule has 0 aromatic heterocycles. The summed E-state index contributed by atoms with van der Waals surface area (Å²) in [5.74, 6) is -0.760. The molecule has 0 amide bonds. The van der Waals surface area contributed by atoms with Crippen LogP contribution in [0.4, 0.5) is 0 Å². The van der Waals surface area contributed by atoms with Gasteiger partial charge in [-0.3, -0.25) is 4.79 Å². The van der Waals surface area contributed by atoms with E-state index in [1.165, 1.54) is 4.31 Å². The first-order valence-corrected chi connectivity index (χ1v) is 9.24. The Labute approximate surface area is 149 Å². The minimum atomic E-state index is -3.50. The summed E-state index contributed by atoms with van der Waals surface area (Å²) < 4.78 is 27.3. The maximum absolute atomic E-state index is 12.9. The number of carbonyl (C=O) groups is 1. The highest BCUT2D eigenvalue weighted by molar-refractivity contribution is 7.89. The Morgan fingerprint density at radius 3 is 2.75 bits per heavy atom. The molecule has 0 bridgehead atoms. The molecule has 1 aliphatic rings. The van der Waals surface area contributed by atoms with Crippen molar-refractivity contribution in [3.8, 4) is 0 Å². The molecule has 1 aromatic rings. The molecule has 1 atom stereocenters. The zero-order valence-electron chi connectivity index (χ0n) is 14.0. The van der Waals surface area contributed by atoms with Crippen LogP contribution in [0.5, 0.6) is 0 Å². The summed E-state index contributed by atoms with van der Waals surface area (Å²) in [6.07, 6.45) is 1.70. The lowest BCUT2D eigenvalue weighted by Gasteiger charge is -2.32. The van der Waals surface area contributed by atoms with E-state index in [-0.39, 0.29) is 24.9 Å². The third kappa shape index (κ3) is 5.17. The van der Waals surface area contributed by atoms with E-state index < -0.39 is 16.0 Å². The van der Waals surface area contributed by atoms with Crippen molar-refractivity contribution in [3.63, 3.8) is 0 Å². The molecule has 6 nitrogen and oxygen atoms in total. The van der Waals surface area contributed by atoms with Gasteiger partial charge in [-0.25, -0.2) is 8.42 Å². The quantitative estimate of drug-likeness (QED) is 0.790. The molecule has 2 N–H and O–H groups in total. The molecular formula is C16H25ClN2O4S. The predicted molar refractivity (Wildman–Crippen MR) is 95.2 cm³/mol. The summed E-state index contributed by atoms with van der Waals surface area (Å²) in [6.45, 7) is 5.06. The van der Waals surface area contributed by atoms with E-state index in [2.05, 4.69) is 5.32 Å². The van der Waals surface area contributed by atoms with E-state index in [1.807, 2.05) is 26.0 Å². The second-order valence-corrected chi connectivity index (χ2v) is 8.07. The van der Waals surface area contributed by atoms with Crippen molar-refractivity contribution < 1.29 is 18.3 Å². The van der Waals surface area contributed by atoms with Gasteiger partial charge in [-0.15, -0.1) is 12.4 Å². The van der Waals surface area contributed by atoms with Crippen LogP contribution in [-0.4, -0.2) is 50.0 Å². The van der Waals surface area contributed by atoms with Crippen LogP contribution in [-0.2, 0) is 14.8 Å². The van der Waals surface area contributed by atoms with Crippen molar-refractivity contribution in [3.05, 3.63) is 29.3 Å². The van der Waals surface area contributed by atoms with Crippen molar-refractivity contribution in [1.29, 1.82) is 0 Å². The van der Waals surface area contributed by atoms with Gasteiger partial charge in [0.25, 0.3) is 0 Å². The summed E-state index contributed by atoms with van der Waals surface area (Å²) in [4.78, 5) is 10.9. The number of sulfonamides is 1. The number of hydrogen-bond acceptors (Lipinski definition) is 4. The number of benzene rings is 1. The average molecular weight is 377 g/mol. The summed E-state index contributed by atoms with van der Waals surface area (Å²) >= 11 is 0.